The van der Waals surface area contributed by atoms with E-state index >= 15 is 0 Å². The highest BCUT2D eigenvalue weighted by Crippen LogP contribution is 2.26. The summed E-state index contributed by atoms with van der Waals surface area (Å²) in [4.78, 5) is 15.0. The van der Waals surface area contributed by atoms with E-state index in [0.717, 1.165) is 37.3 Å². The van der Waals surface area contributed by atoms with Crippen LogP contribution in [-0.4, -0.2) is 43.1 Å². The quantitative estimate of drug-likeness (QED) is 0.514. The maximum atomic E-state index is 14.8. The van der Waals surface area contributed by atoms with Crippen LogP contribution in [0.3, 0.4) is 0 Å². The van der Waals surface area contributed by atoms with Gasteiger partial charge in [0, 0.05) is 49.9 Å². The van der Waals surface area contributed by atoms with Crippen LogP contribution in [-0.2, 0) is 13.1 Å². The number of nitrogens with one attached hydrogen (secondary N) is 2. The van der Waals surface area contributed by atoms with Gasteiger partial charge in [-0.05, 0) is 66.9 Å². The third-order valence-electron chi connectivity index (χ3n) is 5.99. The molecule has 2 N–H and O–H groups in total. The molecule has 1 fully saturated rings. The van der Waals surface area contributed by atoms with Crippen molar-refractivity contribution < 1.29 is 13.9 Å². The van der Waals surface area contributed by atoms with E-state index in [1.165, 1.54) is 11.6 Å². The molecule has 0 radical (unpaired) electrons. The lowest BCUT2D eigenvalue weighted by atomic mass is 10.00. The van der Waals surface area contributed by atoms with Crippen LogP contribution in [0.25, 0.3) is 11.1 Å². The minimum Gasteiger partial charge on any atom is -0.494 e. The van der Waals surface area contributed by atoms with Crippen molar-refractivity contribution in [1.29, 1.82) is 0 Å². The van der Waals surface area contributed by atoms with E-state index in [1.807, 2.05) is 31.2 Å². The van der Waals surface area contributed by atoms with Crippen molar-refractivity contribution in [2.24, 2.45) is 0 Å². The molecule has 3 aromatic carbocycles. The SMILES string of the molecule is CCOc1cccc(C(=O)NCc2ccc(F)c(-c3cccc(CN4CCN[C@@H](C)C4)c3)c2)c1. The first kappa shape index (κ1) is 23.9. The molecule has 0 aliphatic carbocycles. The second kappa shape index (κ2) is 11.3. The number of halogens is 1. The number of amides is 1. The summed E-state index contributed by atoms with van der Waals surface area (Å²) in [5, 5.41) is 6.38. The zero-order valence-electron chi connectivity index (χ0n) is 19.8. The smallest absolute Gasteiger partial charge is 0.251 e. The van der Waals surface area contributed by atoms with E-state index in [9.17, 15) is 9.18 Å². The lowest BCUT2D eigenvalue weighted by Gasteiger charge is -2.31. The molecular weight excluding hydrogens is 429 g/mol. The minimum atomic E-state index is -0.271. The predicted octanol–water partition coefficient (Wildman–Crippen LogP) is 4.62. The van der Waals surface area contributed by atoms with Crippen LogP contribution in [0.4, 0.5) is 4.39 Å². The third-order valence-corrected chi connectivity index (χ3v) is 5.99. The Kier molecular flexibility index (Phi) is 7.93. The highest BCUT2D eigenvalue weighted by molar-refractivity contribution is 5.94. The Morgan fingerprint density at radius 2 is 1.97 bits per heavy atom. The molecule has 1 aliphatic heterocycles. The molecule has 3 aromatic rings. The summed E-state index contributed by atoms with van der Waals surface area (Å²) in [6, 6.07) is 20.6. The number of hydrogen-bond donors (Lipinski definition) is 2. The number of piperazine rings is 1. The van der Waals surface area contributed by atoms with Crippen LogP contribution >= 0.6 is 0 Å². The van der Waals surface area contributed by atoms with Crippen molar-refractivity contribution in [3.63, 3.8) is 0 Å². The average Bonchev–Trinajstić information content (AvgIpc) is 2.84. The number of benzene rings is 3. The second-order valence-electron chi connectivity index (χ2n) is 8.75. The number of carbonyl (C=O) groups excluding carboxylic acids is 1. The number of rotatable bonds is 8. The summed E-state index contributed by atoms with van der Waals surface area (Å²) in [5.41, 5.74) is 3.92. The lowest BCUT2D eigenvalue weighted by molar-refractivity contribution is 0.0950. The molecule has 0 spiro atoms. The minimum absolute atomic E-state index is 0.195. The summed E-state index contributed by atoms with van der Waals surface area (Å²) < 4.78 is 20.2. The molecule has 34 heavy (non-hydrogen) atoms. The summed E-state index contributed by atoms with van der Waals surface area (Å²) in [5.74, 6) is 0.196. The van der Waals surface area contributed by atoms with Gasteiger partial charge in [-0.25, -0.2) is 4.39 Å². The fourth-order valence-corrected chi connectivity index (χ4v) is 4.33. The monoisotopic (exact) mass is 461 g/mol. The van der Waals surface area contributed by atoms with Gasteiger partial charge in [-0.3, -0.25) is 9.69 Å². The summed E-state index contributed by atoms with van der Waals surface area (Å²) in [6.45, 7) is 8.78. The molecule has 1 amide bonds. The molecule has 0 unspecified atom stereocenters. The van der Waals surface area contributed by atoms with Gasteiger partial charge in [-0.1, -0.05) is 30.3 Å². The number of hydrogen-bond acceptors (Lipinski definition) is 4. The summed E-state index contributed by atoms with van der Waals surface area (Å²) in [7, 11) is 0. The molecule has 0 bridgehead atoms. The molecule has 4 rings (SSSR count). The van der Waals surface area contributed by atoms with E-state index < -0.39 is 0 Å². The summed E-state index contributed by atoms with van der Waals surface area (Å²) >= 11 is 0. The van der Waals surface area contributed by atoms with Gasteiger partial charge in [0.1, 0.15) is 11.6 Å². The van der Waals surface area contributed by atoms with Crippen molar-refractivity contribution >= 4 is 5.91 Å². The maximum Gasteiger partial charge on any atom is 0.251 e. The zero-order valence-corrected chi connectivity index (χ0v) is 19.8. The van der Waals surface area contributed by atoms with Gasteiger partial charge in [0.15, 0.2) is 0 Å². The molecular formula is C28H32FN3O2. The van der Waals surface area contributed by atoms with Gasteiger partial charge < -0.3 is 15.4 Å². The predicted molar refractivity (Wildman–Crippen MR) is 133 cm³/mol. The highest BCUT2D eigenvalue weighted by atomic mass is 19.1. The first-order chi connectivity index (χ1) is 16.5. The number of carbonyl (C=O) groups is 1. The van der Waals surface area contributed by atoms with Crippen LogP contribution in [0.1, 0.15) is 35.3 Å². The van der Waals surface area contributed by atoms with Gasteiger partial charge in [-0.2, -0.15) is 0 Å². The lowest BCUT2D eigenvalue weighted by Crippen LogP contribution is -2.48. The fraction of sp³-hybridized carbons (Fsp3) is 0.321. The van der Waals surface area contributed by atoms with Gasteiger partial charge in [0.25, 0.3) is 5.91 Å². The van der Waals surface area contributed by atoms with Gasteiger partial charge in [0.2, 0.25) is 0 Å². The van der Waals surface area contributed by atoms with Gasteiger partial charge in [-0.15, -0.1) is 0 Å². The van der Waals surface area contributed by atoms with Gasteiger partial charge in [0.05, 0.1) is 6.61 Å². The van der Waals surface area contributed by atoms with E-state index in [0.29, 0.717) is 36.1 Å². The Morgan fingerprint density at radius 3 is 2.79 bits per heavy atom. The van der Waals surface area contributed by atoms with Crippen molar-refractivity contribution in [2.45, 2.75) is 33.0 Å². The van der Waals surface area contributed by atoms with Crippen molar-refractivity contribution in [2.75, 3.05) is 26.2 Å². The normalized spacial score (nSPS) is 16.3. The van der Waals surface area contributed by atoms with Crippen LogP contribution < -0.4 is 15.4 Å². The summed E-state index contributed by atoms with van der Waals surface area (Å²) in [6.07, 6.45) is 0. The molecule has 0 aromatic heterocycles. The van der Waals surface area contributed by atoms with Gasteiger partial charge >= 0.3 is 0 Å². The number of ether oxygens (including phenoxy) is 1. The molecule has 1 saturated heterocycles. The van der Waals surface area contributed by atoms with E-state index in [2.05, 4.69) is 34.6 Å². The van der Waals surface area contributed by atoms with Crippen molar-refractivity contribution in [3.8, 4) is 16.9 Å². The van der Waals surface area contributed by atoms with Crippen LogP contribution in [0, 0.1) is 5.82 Å². The molecule has 6 heteroatoms. The first-order valence-electron chi connectivity index (χ1n) is 11.9. The number of nitrogens with zero attached hydrogens (tertiary/aromatic N) is 1. The second-order valence-corrected chi connectivity index (χ2v) is 8.75. The maximum absolute atomic E-state index is 14.8. The van der Waals surface area contributed by atoms with Crippen LogP contribution in [0.5, 0.6) is 5.75 Å². The van der Waals surface area contributed by atoms with Crippen LogP contribution in [0.2, 0.25) is 0 Å². The molecule has 178 valence electrons. The molecule has 1 heterocycles. The Morgan fingerprint density at radius 1 is 1.12 bits per heavy atom. The molecule has 0 saturated carbocycles. The van der Waals surface area contributed by atoms with E-state index in [-0.39, 0.29) is 11.7 Å². The fourth-order valence-electron chi connectivity index (χ4n) is 4.33. The Balaban J connectivity index is 1.45. The Hall–Kier alpha value is -3.22. The van der Waals surface area contributed by atoms with Crippen LogP contribution in [0.15, 0.2) is 66.7 Å². The average molecular weight is 462 g/mol. The van der Waals surface area contributed by atoms with E-state index in [1.54, 1.807) is 24.3 Å². The van der Waals surface area contributed by atoms with E-state index in [4.69, 9.17) is 4.74 Å². The van der Waals surface area contributed by atoms with Crippen molar-refractivity contribution in [1.82, 2.24) is 15.5 Å². The molecule has 1 aliphatic rings. The standard InChI is InChI=1S/C28H32FN3O2/c1-3-34-25-9-5-8-24(16-25)28(33)31-17-21-10-11-27(29)26(15-21)23-7-4-6-22(14-23)19-32-13-12-30-20(2)18-32/h4-11,14-16,20,30H,3,12-13,17-19H2,1-2H3,(H,31,33)/t20-/m0/s1. The Labute approximate surface area is 200 Å². The Bertz CT molecular complexity index is 1130. The molecule has 1 atom stereocenters. The van der Waals surface area contributed by atoms with Crippen molar-refractivity contribution in [3.05, 3.63) is 89.2 Å². The zero-order chi connectivity index (χ0) is 23.9. The largest absolute Gasteiger partial charge is 0.494 e. The first-order valence-corrected chi connectivity index (χ1v) is 11.9. The highest BCUT2D eigenvalue weighted by Gasteiger charge is 2.16. The molecule has 5 nitrogen and oxygen atoms in total. The topological polar surface area (TPSA) is 53.6 Å². The third kappa shape index (κ3) is 6.22.